The van der Waals surface area contributed by atoms with Gasteiger partial charge in [0.15, 0.2) is 0 Å². The highest BCUT2D eigenvalue weighted by Crippen LogP contribution is 2.32. The number of rotatable bonds is 3. The molecule has 1 aliphatic carbocycles. The van der Waals surface area contributed by atoms with Crippen molar-refractivity contribution in [2.75, 3.05) is 0 Å². The summed E-state index contributed by atoms with van der Waals surface area (Å²) in [5.74, 6) is 1.63. The zero-order chi connectivity index (χ0) is 14.0. The molecule has 19 heavy (non-hydrogen) atoms. The van der Waals surface area contributed by atoms with Gasteiger partial charge in [-0.2, -0.15) is 0 Å². The minimum absolute atomic E-state index is 0.307. The van der Waals surface area contributed by atoms with Gasteiger partial charge in [-0.1, -0.05) is 47.4 Å². The summed E-state index contributed by atoms with van der Waals surface area (Å²) >= 11 is 9.79. The number of benzene rings is 1. The van der Waals surface area contributed by atoms with Crippen LogP contribution in [0.25, 0.3) is 0 Å². The first-order chi connectivity index (χ1) is 8.97. The Kier molecular flexibility index (Phi) is 5.33. The Labute approximate surface area is 130 Å². The van der Waals surface area contributed by atoms with Gasteiger partial charge in [0.2, 0.25) is 0 Å². The largest absolute Gasteiger partial charge is 0.307 e. The van der Waals surface area contributed by atoms with Gasteiger partial charge in [-0.25, -0.2) is 0 Å². The lowest BCUT2D eigenvalue weighted by atomic mass is 9.79. The third-order valence-electron chi connectivity index (χ3n) is 4.32. The standard InChI is InChI=1S/C16H23BrClN/c1-10-4-7-16(11(2)8-10)19-12(3)14-6-5-13(17)9-15(14)18/h5-6,9-12,16,19H,4,7-8H2,1-3H3. The van der Waals surface area contributed by atoms with E-state index >= 15 is 0 Å². The van der Waals surface area contributed by atoms with Gasteiger partial charge in [-0.05, 0) is 55.7 Å². The van der Waals surface area contributed by atoms with Gasteiger partial charge >= 0.3 is 0 Å². The second kappa shape index (κ2) is 6.60. The van der Waals surface area contributed by atoms with Crippen molar-refractivity contribution in [2.45, 2.75) is 52.1 Å². The number of nitrogens with one attached hydrogen (secondary N) is 1. The van der Waals surface area contributed by atoms with Gasteiger partial charge in [-0.3, -0.25) is 0 Å². The minimum atomic E-state index is 0.307. The highest BCUT2D eigenvalue weighted by Gasteiger charge is 2.26. The van der Waals surface area contributed by atoms with Gasteiger partial charge in [0.25, 0.3) is 0 Å². The fourth-order valence-corrected chi connectivity index (χ4v) is 4.01. The summed E-state index contributed by atoms with van der Waals surface area (Å²) in [6.45, 7) is 6.94. The zero-order valence-electron chi connectivity index (χ0n) is 11.9. The average molecular weight is 345 g/mol. The van der Waals surface area contributed by atoms with Crippen LogP contribution in [0.3, 0.4) is 0 Å². The van der Waals surface area contributed by atoms with Gasteiger partial charge in [-0.15, -0.1) is 0 Å². The molecule has 0 radical (unpaired) electrons. The first kappa shape index (κ1) is 15.3. The molecular weight excluding hydrogens is 322 g/mol. The van der Waals surface area contributed by atoms with Crippen molar-refractivity contribution in [1.29, 1.82) is 0 Å². The summed E-state index contributed by atoms with van der Waals surface area (Å²) in [6.07, 6.45) is 3.95. The second-order valence-corrected chi connectivity index (χ2v) is 7.38. The predicted molar refractivity (Wildman–Crippen MR) is 86.7 cm³/mol. The second-order valence-electron chi connectivity index (χ2n) is 6.06. The fourth-order valence-electron chi connectivity index (χ4n) is 3.18. The molecule has 0 heterocycles. The van der Waals surface area contributed by atoms with Crippen molar-refractivity contribution >= 4 is 27.5 Å². The predicted octanol–water partition coefficient (Wildman–Crippen LogP) is 5.58. The Bertz CT molecular complexity index is 435. The van der Waals surface area contributed by atoms with Crippen LogP contribution in [0.5, 0.6) is 0 Å². The van der Waals surface area contributed by atoms with Gasteiger partial charge in [0, 0.05) is 21.6 Å². The molecule has 0 bridgehead atoms. The molecule has 106 valence electrons. The van der Waals surface area contributed by atoms with Gasteiger partial charge < -0.3 is 5.32 Å². The topological polar surface area (TPSA) is 12.0 Å². The first-order valence-electron chi connectivity index (χ1n) is 7.18. The molecule has 0 aliphatic heterocycles. The van der Waals surface area contributed by atoms with E-state index in [0.29, 0.717) is 12.1 Å². The van der Waals surface area contributed by atoms with Crippen LogP contribution in [0, 0.1) is 11.8 Å². The van der Waals surface area contributed by atoms with E-state index in [2.05, 4.69) is 54.2 Å². The van der Waals surface area contributed by atoms with E-state index in [1.54, 1.807) is 0 Å². The summed E-state index contributed by atoms with van der Waals surface area (Å²) in [4.78, 5) is 0. The first-order valence-corrected chi connectivity index (χ1v) is 8.35. The monoisotopic (exact) mass is 343 g/mol. The molecule has 0 amide bonds. The van der Waals surface area contributed by atoms with E-state index in [9.17, 15) is 0 Å². The summed E-state index contributed by atoms with van der Waals surface area (Å²) in [5, 5.41) is 4.61. The smallest absolute Gasteiger partial charge is 0.0464 e. The maximum absolute atomic E-state index is 6.33. The number of hydrogen-bond acceptors (Lipinski definition) is 1. The van der Waals surface area contributed by atoms with Crippen LogP contribution in [-0.2, 0) is 0 Å². The van der Waals surface area contributed by atoms with Crippen molar-refractivity contribution in [2.24, 2.45) is 11.8 Å². The lowest BCUT2D eigenvalue weighted by Crippen LogP contribution is -2.40. The van der Waals surface area contributed by atoms with Crippen LogP contribution >= 0.6 is 27.5 Å². The fraction of sp³-hybridized carbons (Fsp3) is 0.625. The lowest BCUT2D eigenvalue weighted by Gasteiger charge is -2.35. The SMILES string of the molecule is CC1CCC(NC(C)c2ccc(Br)cc2Cl)C(C)C1. The van der Waals surface area contributed by atoms with E-state index in [-0.39, 0.29) is 0 Å². The molecule has 1 N–H and O–H groups in total. The molecule has 3 heteroatoms. The van der Waals surface area contributed by atoms with Crippen LogP contribution in [0.2, 0.25) is 5.02 Å². The molecule has 1 nitrogen and oxygen atoms in total. The highest BCUT2D eigenvalue weighted by molar-refractivity contribution is 9.10. The van der Waals surface area contributed by atoms with E-state index in [1.165, 1.54) is 24.8 Å². The third-order valence-corrected chi connectivity index (χ3v) is 5.15. The van der Waals surface area contributed by atoms with Crippen LogP contribution in [0.15, 0.2) is 22.7 Å². The minimum Gasteiger partial charge on any atom is -0.307 e. The summed E-state index contributed by atoms with van der Waals surface area (Å²) < 4.78 is 1.04. The van der Waals surface area contributed by atoms with Crippen molar-refractivity contribution < 1.29 is 0 Å². The number of hydrogen-bond donors (Lipinski definition) is 1. The molecule has 4 unspecified atom stereocenters. The van der Waals surface area contributed by atoms with Crippen LogP contribution in [0.1, 0.15) is 51.6 Å². The summed E-state index contributed by atoms with van der Waals surface area (Å²) in [6, 6.07) is 7.07. The van der Waals surface area contributed by atoms with Gasteiger partial charge in [0.1, 0.15) is 0 Å². The Morgan fingerprint density at radius 1 is 1.32 bits per heavy atom. The van der Waals surface area contributed by atoms with Crippen molar-refractivity contribution in [3.63, 3.8) is 0 Å². The van der Waals surface area contributed by atoms with Gasteiger partial charge in [0.05, 0.1) is 0 Å². The molecule has 0 saturated heterocycles. The summed E-state index contributed by atoms with van der Waals surface area (Å²) in [5.41, 5.74) is 1.19. The molecule has 1 saturated carbocycles. The molecule has 1 aliphatic rings. The quantitative estimate of drug-likeness (QED) is 0.755. The highest BCUT2D eigenvalue weighted by atomic mass is 79.9. The zero-order valence-corrected chi connectivity index (χ0v) is 14.3. The maximum Gasteiger partial charge on any atom is 0.0464 e. The molecule has 0 aromatic heterocycles. The molecule has 1 aromatic carbocycles. The van der Waals surface area contributed by atoms with Crippen LogP contribution in [0.4, 0.5) is 0 Å². The van der Waals surface area contributed by atoms with Crippen molar-refractivity contribution in [3.8, 4) is 0 Å². The molecule has 2 rings (SSSR count). The van der Waals surface area contributed by atoms with E-state index in [1.807, 2.05) is 6.07 Å². The Balaban J connectivity index is 2.02. The average Bonchev–Trinajstić information content (AvgIpc) is 2.32. The molecular formula is C16H23BrClN. The molecule has 0 spiro atoms. The normalized spacial score (nSPS) is 29.2. The molecule has 1 fully saturated rings. The Hall–Kier alpha value is -0.0500. The van der Waals surface area contributed by atoms with E-state index in [0.717, 1.165) is 21.3 Å². The Morgan fingerprint density at radius 3 is 2.68 bits per heavy atom. The lowest BCUT2D eigenvalue weighted by molar-refractivity contribution is 0.216. The number of halogens is 2. The van der Waals surface area contributed by atoms with E-state index in [4.69, 9.17) is 11.6 Å². The Morgan fingerprint density at radius 2 is 2.05 bits per heavy atom. The van der Waals surface area contributed by atoms with Crippen LogP contribution < -0.4 is 5.32 Å². The van der Waals surface area contributed by atoms with Crippen LogP contribution in [-0.4, -0.2) is 6.04 Å². The van der Waals surface area contributed by atoms with E-state index < -0.39 is 0 Å². The van der Waals surface area contributed by atoms with Crippen molar-refractivity contribution in [3.05, 3.63) is 33.3 Å². The third kappa shape index (κ3) is 3.96. The van der Waals surface area contributed by atoms with Crippen molar-refractivity contribution in [1.82, 2.24) is 5.32 Å². The molecule has 4 atom stereocenters. The maximum atomic E-state index is 6.33. The molecule has 1 aromatic rings. The summed E-state index contributed by atoms with van der Waals surface area (Å²) in [7, 11) is 0.